The molecule has 4 rings (SSSR count). The lowest BCUT2D eigenvalue weighted by atomic mass is 9.93. The molecule has 0 aromatic heterocycles. The third-order valence-electron chi connectivity index (χ3n) is 5.87. The number of benzene rings is 2. The molecule has 2 heterocycles. The summed E-state index contributed by atoms with van der Waals surface area (Å²) in [6.07, 6.45) is -4.71. The van der Waals surface area contributed by atoms with Crippen molar-refractivity contribution in [3.8, 4) is 5.75 Å². The molecule has 11 heteroatoms. The number of fused-ring (bicyclic) bond motifs is 1. The highest BCUT2D eigenvalue weighted by Crippen LogP contribution is 2.32. The van der Waals surface area contributed by atoms with Crippen molar-refractivity contribution in [2.75, 3.05) is 25.0 Å². The largest absolute Gasteiger partial charge is 0.573 e. The van der Waals surface area contributed by atoms with Gasteiger partial charge in [-0.05, 0) is 43.5 Å². The van der Waals surface area contributed by atoms with Gasteiger partial charge in [-0.25, -0.2) is 14.2 Å². The van der Waals surface area contributed by atoms with Gasteiger partial charge < -0.3 is 20.1 Å². The molecule has 2 unspecified atom stereocenters. The summed E-state index contributed by atoms with van der Waals surface area (Å²) in [5, 5.41) is 17.9. The molecule has 2 amide bonds. The van der Waals surface area contributed by atoms with E-state index in [1.54, 1.807) is 31.2 Å². The fourth-order valence-corrected chi connectivity index (χ4v) is 4.24. The SMILES string of the molecule is CNC(=O)N1N=C(c2ccc(N3CCC(O)C3)cc2)c2cc(OC(F)(F)F)cc(F)c2CC1C. The number of ether oxygens (including phenoxy) is 1. The van der Waals surface area contributed by atoms with Gasteiger partial charge in [0.15, 0.2) is 0 Å². The van der Waals surface area contributed by atoms with Crippen molar-refractivity contribution in [3.63, 3.8) is 0 Å². The van der Waals surface area contributed by atoms with Crippen molar-refractivity contribution in [2.45, 2.75) is 38.3 Å². The summed E-state index contributed by atoms with van der Waals surface area (Å²) >= 11 is 0. The maximum atomic E-state index is 15.0. The predicted molar refractivity (Wildman–Crippen MR) is 117 cm³/mol. The number of nitrogens with one attached hydrogen (secondary N) is 1. The molecule has 2 N–H and O–H groups in total. The Hall–Kier alpha value is -3.34. The Morgan fingerprint density at radius 2 is 1.94 bits per heavy atom. The van der Waals surface area contributed by atoms with Gasteiger partial charge in [0, 0.05) is 43.0 Å². The van der Waals surface area contributed by atoms with E-state index in [4.69, 9.17) is 0 Å². The smallest absolute Gasteiger partial charge is 0.406 e. The number of amides is 2. The number of hydrazone groups is 1. The van der Waals surface area contributed by atoms with Crippen LogP contribution in [0.3, 0.4) is 0 Å². The number of nitrogens with zero attached hydrogens (tertiary/aromatic N) is 3. The highest BCUT2D eigenvalue weighted by molar-refractivity contribution is 6.14. The van der Waals surface area contributed by atoms with Crippen LogP contribution in [0.25, 0.3) is 0 Å². The van der Waals surface area contributed by atoms with Gasteiger partial charge in [-0.3, -0.25) is 0 Å². The summed E-state index contributed by atoms with van der Waals surface area (Å²) in [6.45, 7) is 2.86. The van der Waals surface area contributed by atoms with E-state index >= 15 is 4.39 Å². The third kappa shape index (κ3) is 4.93. The van der Waals surface area contributed by atoms with Gasteiger partial charge in [0.2, 0.25) is 0 Å². The standard InChI is InChI=1S/C23H24F4N4O3/c1-13-9-18-19(10-17(11-20(18)24)34-23(25,26)27)21(29-31(13)22(33)28-2)14-3-5-15(6-4-14)30-8-7-16(32)12-30/h3-6,10-11,13,16,32H,7-9,12H2,1-2H3,(H,28,33). The molecule has 7 nitrogen and oxygen atoms in total. The van der Waals surface area contributed by atoms with Crippen LogP contribution >= 0.6 is 0 Å². The Labute approximate surface area is 193 Å². The molecule has 1 saturated heterocycles. The topological polar surface area (TPSA) is 77.4 Å². The Bertz CT molecular complexity index is 1100. The summed E-state index contributed by atoms with van der Waals surface area (Å²) in [7, 11) is 1.43. The number of aliphatic hydroxyl groups excluding tert-OH is 1. The third-order valence-corrected chi connectivity index (χ3v) is 5.87. The summed E-state index contributed by atoms with van der Waals surface area (Å²) in [4.78, 5) is 14.5. The molecule has 2 aliphatic heterocycles. The van der Waals surface area contributed by atoms with E-state index in [9.17, 15) is 23.1 Å². The molecular weight excluding hydrogens is 456 g/mol. The number of hydrogen-bond acceptors (Lipinski definition) is 5. The van der Waals surface area contributed by atoms with Gasteiger partial charge in [-0.2, -0.15) is 5.10 Å². The van der Waals surface area contributed by atoms with E-state index in [0.717, 1.165) is 16.8 Å². The Morgan fingerprint density at radius 3 is 2.53 bits per heavy atom. The number of anilines is 1. The van der Waals surface area contributed by atoms with Gasteiger partial charge in [-0.1, -0.05) is 12.1 Å². The molecule has 2 aromatic rings. The lowest BCUT2D eigenvalue weighted by Crippen LogP contribution is -2.41. The minimum absolute atomic E-state index is 0.0393. The van der Waals surface area contributed by atoms with Crippen LogP contribution in [0.15, 0.2) is 41.5 Å². The number of rotatable bonds is 3. The van der Waals surface area contributed by atoms with E-state index in [-0.39, 0.29) is 23.3 Å². The van der Waals surface area contributed by atoms with Crippen LogP contribution in [0.1, 0.15) is 30.0 Å². The molecule has 182 valence electrons. The summed E-state index contributed by atoms with van der Waals surface area (Å²) in [5.41, 5.74) is 1.73. The number of halogens is 4. The first-order valence-corrected chi connectivity index (χ1v) is 10.8. The van der Waals surface area contributed by atoms with E-state index in [0.29, 0.717) is 31.1 Å². The van der Waals surface area contributed by atoms with Crippen molar-refractivity contribution in [2.24, 2.45) is 5.10 Å². The maximum absolute atomic E-state index is 15.0. The summed E-state index contributed by atoms with van der Waals surface area (Å²) in [5.74, 6) is -1.59. The van der Waals surface area contributed by atoms with Crippen LogP contribution in [-0.2, 0) is 6.42 Å². The second kappa shape index (κ2) is 9.13. The van der Waals surface area contributed by atoms with Crippen molar-refractivity contribution in [1.82, 2.24) is 10.3 Å². The monoisotopic (exact) mass is 480 g/mol. The number of aliphatic hydroxyl groups is 1. The number of urea groups is 1. The number of carbonyl (C=O) groups excluding carboxylic acids is 1. The van der Waals surface area contributed by atoms with Gasteiger partial charge in [-0.15, -0.1) is 13.2 Å². The molecule has 0 saturated carbocycles. The normalized spacial score (nSPS) is 20.5. The zero-order valence-corrected chi connectivity index (χ0v) is 18.6. The van der Waals surface area contributed by atoms with Crippen LogP contribution in [0, 0.1) is 5.82 Å². The lowest BCUT2D eigenvalue weighted by molar-refractivity contribution is -0.274. The molecule has 0 radical (unpaired) electrons. The van der Waals surface area contributed by atoms with E-state index in [1.165, 1.54) is 7.05 Å². The molecule has 2 atom stereocenters. The van der Waals surface area contributed by atoms with Crippen molar-refractivity contribution >= 4 is 17.4 Å². The van der Waals surface area contributed by atoms with Crippen molar-refractivity contribution in [3.05, 3.63) is 58.9 Å². The summed E-state index contributed by atoms with van der Waals surface area (Å²) in [6, 6.07) is 7.68. The molecule has 2 aromatic carbocycles. The number of hydrogen-bond donors (Lipinski definition) is 2. The quantitative estimate of drug-likeness (QED) is 0.658. The first kappa shape index (κ1) is 23.8. The van der Waals surface area contributed by atoms with Crippen LogP contribution in [0.4, 0.5) is 28.0 Å². The van der Waals surface area contributed by atoms with Crippen molar-refractivity contribution < 1.29 is 32.2 Å². The van der Waals surface area contributed by atoms with Crippen LogP contribution in [0.2, 0.25) is 0 Å². The van der Waals surface area contributed by atoms with Gasteiger partial charge >= 0.3 is 12.4 Å². The minimum Gasteiger partial charge on any atom is -0.406 e. The fraction of sp³-hybridized carbons (Fsp3) is 0.391. The average molecular weight is 480 g/mol. The molecule has 0 aliphatic carbocycles. The van der Waals surface area contributed by atoms with Gasteiger partial charge in [0.05, 0.1) is 17.9 Å². The zero-order chi connectivity index (χ0) is 24.6. The van der Waals surface area contributed by atoms with E-state index in [1.807, 2.05) is 4.90 Å². The minimum atomic E-state index is -4.99. The molecule has 0 spiro atoms. The Kier molecular flexibility index (Phi) is 6.39. The number of alkyl halides is 3. The van der Waals surface area contributed by atoms with Crippen LogP contribution in [0.5, 0.6) is 5.75 Å². The van der Waals surface area contributed by atoms with Gasteiger partial charge in [0.25, 0.3) is 0 Å². The molecule has 1 fully saturated rings. The highest BCUT2D eigenvalue weighted by Gasteiger charge is 2.34. The Morgan fingerprint density at radius 1 is 1.24 bits per heavy atom. The van der Waals surface area contributed by atoms with Gasteiger partial charge in [0.1, 0.15) is 11.6 Å². The van der Waals surface area contributed by atoms with E-state index < -0.39 is 36.1 Å². The lowest BCUT2D eigenvalue weighted by Gasteiger charge is -2.22. The zero-order valence-electron chi connectivity index (χ0n) is 18.6. The first-order valence-electron chi connectivity index (χ1n) is 10.8. The fourth-order valence-electron chi connectivity index (χ4n) is 4.24. The maximum Gasteiger partial charge on any atom is 0.573 e. The van der Waals surface area contributed by atoms with Crippen LogP contribution < -0.4 is 15.0 Å². The first-order chi connectivity index (χ1) is 16.1. The molecular formula is C23H24F4N4O3. The number of β-amino-alcohol motifs (C(OH)–C–C–N with tert-alkyl or cyclic N) is 1. The van der Waals surface area contributed by atoms with Crippen molar-refractivity contribution in [1.29, 1.82) is 0 Å². The second-order valence-corrected chi connectivity index (χ2v) is 8.32. The highest BCUT2D eigenvalue weighted by atomic mass is 19.4. The van der Waals surface area contributed by atoms with Crippen LogP contribution in [-0.4, -0.2) is 60.5 Å². The summed E-state index contributed by atoms with van der Waals surface area (Å²) < 4.78 is 57.5. The molecule has 34 heavy (non-hydrogen) atoms. The Balaban J connectivity index is 1.81. The van der Waals surface area contributed by atoms with E-state index in [2.05, 4.69) is 15.2 Å². The second-order valence-electron chi connectivity index (χ2n) is 8.32. The molecule has 2 aliphatic rings. The predicted octanol–water partition coefficient (Wildman–Crippen LogP) is 3.63. The average Bonchev–Trinajstić information content (AvgIpc) is 3.14. The number of carbonyl (C=O) groups is 1. The molecule has 0 bridgehead atoms.